The molecular formula is C14H19NO4S. The number of nitrogens with one attached hydrogen (secondary N) is 1. The van der Waals surface area contributed by atoms with Crippen molar-refractivity contribution in [2.24, 2.45) is 0 Å². The van der Waals surface area contributed by atoms with Gasteiger partial charge in [0.05, 0.1) is 10.6 Å². The predicted octanol–water partition coefficient (Wildman–Crippen LogP) is 2.29. The Hall–Kier alpha value is -1.56. The molecule has 20 heavy (non-hydrogen) atoms. The number of sulfone groups is 1. The number of anilines is 1. The van der Waals surface area contributed by atoms with Crippen LogP contribution in [0.3, 0.4) is 0 Å². The Bertz CT molecular complexity index is 586. The monoisotopic (exact) mass is 297 g/mol. The van der Waals surface area contributed by atoms with Gasteiger partial charge in [-0.3, -0.25) is 0 Å². The fourth-order valence-electron chi connectivity index (χ4n) is 2.56. The highest BCUT2D eigenvalue weighted by Crippen LogP contribution is 2.33. The summed E-state index contributed by atoms with van der Waals surface area (Å²) < 4.78 is 23.4. The summed E-state index contributed by atoms with van der Waals surface area (Å²) in [5.41, 5.74) is -0.269. The second kappa shape index (κ2) is 5.44. The van der Waals surface area contributed by atoms with Crippen LogP contribution in [-0.4, -0.2) is 30.8 Å². The number of carbonyl (C=O) groups is 1. The number of hydrogen-bond acceptors (Lipinski definition) is 4. The van der Waals surface area contributed by atoms with Crippen LogP contribution < -0.4 is 5.32 Å². The summed E-state index contributed by atoms with van der Waals surface area (Å²) in [6.07, 6.45) is 2.97. The van der Waals surface area contributed by atoms with Gasteiger partial charge in [-0.05, 0) is 37.1 Å². The molecule has 2 N–H and O–H groups in total. The lowest BCUT2D eigenvalue weighted by molar-refractivity contribution is -0.142. The standard InChI is InChI=1S/C14H19NO4S/c1-2-20(18,19)12-7-5-11(6-8-12)15-14(13(16)17)9-3-4-10-14/h5-8,15H,2-4,9-10H2,1H3,(H,16,17). The van der Waals surface area contributed by atoms with Crippen molar-refractivity contribution in [3.8, 4) is 0 Å². The molecule has 0 spiro atoms. The highest BCUT2D eigenvalue weighted by molar-refractivity contribution is 7.91. The molecule has 110 valence electrons. The van der Waals surface area contributed by atoms with Crippen LogP contribution in [0.25, 0.3) is 0 Å². The largest absolute Gasteiger partial charge is 0.480 e. The average molecular weight is 297 g/mol. The van der Waals surface area contributed by atoms with Gasteiger partial charge in [0.25, 0.3) is 0 Å². The van der Waals surface area contributed by atoms with E-state index in [1.165, 1.54) is 12.1 Å². The van der Waals surface area contributed by atoms with Crippen LogP contribution in [0.4, 0.5) is 5.69 Å². The maximum Gasteiger partial charge on any atom is 0.329 e. The molecule has 5 nitrogen and oxygen atoms in total. The van der Waals surface area contributed by atoms with E-state index in [0.717, 1.165) is 12.8 Å². The lowest BCUT2D eigenvalue weighted by atomic mass is 9.97. The molecule has 1 aliphatic rings. The molecule has 0 amide bonds. The van der Waals surface area contributed by atoms with Crippen LogP contribution in [0.15, 0.2) is 29.2 Å². The minimum Gasteiger partial charge on any atom is -0.480 e. The molecule has 0 saturated heterocycles. The summed E-state index contributed by atoms with van der Waals surface area (Å²) in [6, 6.07) is 6.30. The van der Waals surface area contributed by atoms with Crippen LogP contribution in [0.2, 0.25) is 0 Å². The third-order valence-electron chi connectivity index (χ3n) is 3.84. The van der Waals surface area contributed by atoms with Gasteiger partial charge in [-0.25, -0.2) is 13.2 Å². The van der Waals surface area contributed by atoms with Gasteiger partial charge in [0.2, 0.25) is 0 Å². The topological polar surface area (TPSA) is 83.5 Å². The summed E-state index contributed by atoms with van der Waals surface area (Å²) in [5.74, 6) is -0.793. The van der Waals surface area contributed by atoms with Crippen LogP contribution >= 0.6 is 0 Å². The Morgan fingerprint density at radius 2 is 1.80 bits per heavy atom. The van der Waals surface area contributed by atoms with E-state index >= 15 is 0 Å². The van der Waals surface area contributed by atoms with Gasteiger partial charge in [-0.15, -0.1) is 0 Å². The molecule has 0 aliphatic heterocycles. The molecule has 6 heteroatoms. The molecule has 0 unspecified atom stereocenters. The third kappa shape index (κ3) is 2.80. The number of aliphatic carboxylic acids is 1. The first-order valence-corrected chi connectivity index (χ1v) is 8.39. The zero-order valence-corrected chi connectivity index (χ0v) is 12.2. The SMILES string of the molecule is CCS(=O)(=O)c1ccc(NC2(C(=O)O)CCCC2)cc1. The van der Waals surface area contributed by atoms with E-state index in [-0.39, 0.29) is 10.6 Å². The van der Waals surface area contributed by atoms with Gasteiger partial charge in [0.15, 0.2) is 9.84 Å². The summed E-state index contributed by atoms with van der Waals surface area (Å²) >= 11 is 0. The van der Waals surface area contributed by atoms with Crippen LogP contribution in [0.5, 0.6) is 0 Å². The Kier molecular flexibility index (Phi) is 4.04. The summed E-state index contributed by atoms with van der Waals surface area (Å²) in [6.45, 7) is 1.60. The zero-order chi connectivity index (χ0) is 14.8. The first-order valence-electron chi connectivity index (χ1n) is 6.74. The average Bonchev–Trinajstić information content (AvgIpc) is 2.89. The van der Waals surface area contributed by atoms with E-state index in [0.29, 0.717) is 18.5 Å². The van der Waals surface area contributed by atoms with Gasteiger partial charge in [0.1, 0.15) is 5.54 Å². The first-order chi connectivity index (χ1) is 9.39. The van der Waals surface area contributed by atoms with Gasteiger partial charge in [0, 0.05) is 5.69 Å². The van der Waals surface area contributed by atoms with Crippen molar-refractivity contribution in [3.05, 3.63) is 24.3 Å². The molecule has 1 aromatic rings. The van der Waals surface area contributed by atoms with Crippen molar-refractivity contribution in [1.29, 1.82) is 0 Å². The summed E-state index contributed by atoms with van der Waals surface area (Å²) in [4.78, 5) is 11.7. The predicted molar refractivity (Wildman–Crippen MR) is 76.6 cm³/mol. The summed E-state index contributed by atoms with van der Waals surface area (Å²) in [7, 11) is -3.22. The van der Waals surface area contributed by atoms with E-state index in [4.69, 9.17) is 0 Å². The van der Waals surface area contributed by atoms with E-state index in [1.54, 1.807) is 19.1 Å². The molecule has 1 aromatic carbocycles. The quantitative estimate of drug-likeness (QED) is 0.871. The van der Waals surface area contributed by atoms with E-state index in [1.807, 2.05) is 0 Å². The molecule has 2 rings (SSSR count). The molecule has 0 radical (unpaired) electrons. The van der Waals surface area contributed by atoms with Crippen molar-refractivity contribution >= 4 is 21.5 Å². The van der Waals surface area contributed by atoms with Crippen LogP contribution in [-0.2, 0) is 14.6 Å². The molecule has 0 heterocycles. The minimum atomic E-state index is -3.22. The fraction of sp³-hybridized carbons (Fsp3) is 0.500. The van der Waals surface area contributed by atoms with Crippen molar-refractivity contribution in [2.75, 3.05) is 11.1 Å². The van der Waals surface area contributed by atoms with E-state index in [2.05, 4.69) is 5.32 Å². The second-order valence-electron chi connectivity index (χ2n) is 5.15. The Labute approximate surface area is 118 Å². The Balaban J connectivity index is 2.21. The lowest BCUT2D eigenvalue weighted by Gasteiger charge is -2.26. The molecule has 1 aliphatic carbocycles. The van der Waals surface area contributed by atoms with Gasteiger partial charge >= 0.3 is 5.97 Å². The van der Waals surface area contributed by atoms with Gasteiger partial charge in [-0.1, -0.05) is 19.8 Å². The third-order valence-corrected chi connectivity index (χ3v) is 5.59. The van der Waals surface area contributed by atoms with Crippen molar-refractivity contribution < 1.29 is 18.3 Å². The first kappa shape index (κ1) is 14.8. The van der Waals surface area contributed by atoms with E-state index in [9.17, 15) is 18.3 Å². The van der Waals surface area contributed by atoms with Gasteiger partial charge in [-0.2, -0.15) is 0 Å². The minimum absolute atomic E-state index is 0.0544. The number of rotatable bonds is 5. The number of carboxylic acids is 1. The highest BCUT2D eigenvalue weighted by atomic mass is 32.2. The van der Waals surface area contributed by atoms with Crippen LogP contribution in [0.1, 0.15) is 32.6 Å². The molecule has 1 fully saturated rings. The molecule has 0 aromatic heterocycles. The highest BCUT2D eigenvalue weighted by Gasteiger charge is 2.41. The van der Waals surface area contributed by atoms with Crippen molar-refractivity contribution in [2.45, 2.75) is 43.0 Å². The zero-order valence-electron chi connectivity index (χ0n) is 11.4. The number of benzene rings is 1. The fourth-order valence-corrected chi connectivity index (χ4v) is 3.44. The maximum atomic E-state index is 11.7. The lowest BCUT2D eigenvalue weighted by Crippen LogP contribution is -2.43. The van der Waals surface area contributed by atoms with Crippen molar-refractivity contribution in [1.82, 2.24) is 0 Å². The Morgan fingerprint density at radius 1 is 1.25 bits per heavy atom. The Morgan fingerprint density at radius 3 is 2.25 bits per heavy atom. The van der Waals surface area contributed by atoms with Crippen LogP contribution in [0, 0.1) is 0 Å². The number of carboxylic acid groups (broad SMARTS) is 1. The summed E-state index contributed by atoms with van der Waals surface area (Å²) in [5, 5.41) is 12.4. The molecule has 1 saturated carbocycles. The molecular weight excluding hydrogens is 278 g/mol. The van der Waals surface area contributed by atoms with Gasteiger partial charge < -0.3 is 10.4 Å². The molecule has 0 bridgehead atoms. The normalized spacial score (nSPS) is 17.9. The molecule has 0 atom stereocenters. The number of hydrogen-bond donors (Lipinski definition) is 2. The van der Waals surface area contributed by atoms with Crippen molar-refractivity contribution in [3.63, 3.8) is 0 Å². The smallest absolute Gasteiger partial charge is 0.329 e. The van der Waals surface area contributed by atoms with E-state index < -0.39 is 21.3 Å². The second-order valence-corrected chi connectivity index (χ2v) is 7.43. The maximum absolute atomic E-state index is 11.7.